The first-order chi connectivity index (χ1) is 7.22. The van der Waals surface area contributed by atoms with E-state index in [1.165, 1.54) is 11.3 Å². The van der Waals surface area contributed by atoms with Crippen molar-refractivity contribution in [2.45, 2.75) is 0 Å². The van der Waals surface area contributed by atoms with Gasteiger partial charge < -0.3 is 9.30 Å². The van der Waals surface area contributed by atoms with E-state index in [-0.39, 0.29) is 4.87 Å². The van der Waals surface area contributed by atoms with Crippen LogP contribution in [0.15, 0.2) is 34.4 Å². The van der Waals surface area contributed by atoms with Crippen molar-refractivity contribution in [2.24, 2.45) is 7.05 Å². The minimum absolute atomic E-state index is 0.0563. The monoisotopic (exact) mass is 221 g/mol. The number of rotatable bonds is 2. The maximum absolute atomic E-state index is 11.3. The molecule has 0 atom stereocenters. The van der Waals surface area contributed by atoms with E-state index >= 15 is 0 Å². The lowest BCUT2D eigenvalue weighted by Gasteiger charge is -2.03. The topological polar surface area (TPSA) is 31.2 Å². The zero-order chi connectivity index (χ0) is 10.8. The summed E-state index contributed by atoms with van der Waals surface area (Å²) in [5.74, 6) is 0.818. The van der Waals surface area contributed by atoms with Crippen LogP contribution in [0, 0.1) is 0 Å². The lowest BCUT2D eigenvalue weighted by Crippen LogP contribution is -2.08. The molecule has 4 heteroatoms. The van der Waals surface area contributed by atoms with Gasteiger partial charge in [-0.05, 0) is 29.8 Å². The number of benzene rings is 1. The SMILES string of the molecule is COc1ccc(-c2csc(=O)n2C)cc1. The predicted molar refractivity (Wildman–Crippen MR) is 61.5 cm³/mol. The fraction of sp³-hybridized carbons (Fsp3) is 0.182. The first-order valence-electron chi connectivity index (χ1n) is 4.51. The zero-order valence-corrected chi connectivity index (χ0v) is 9.38. The molecular formula is C11H11NO2S. The van der Waals surface area contributed by atoms with Crippen molar-refractivity contribution in [1.82, 2.24) is 4.57 Å². The van der Waals surface area contributed by atoms with Crippen LogP contribution in [0.1, 0.15) is 0 Å². The van der Waals surface area contributed by atoms with Crippen LogP contribution in [0.3, 0.4) is 0 Å². The molecule has 0 aliphatic carbocycles. The molecule has 2 aromatic rings. The second kappa shape index (κ2) is 3.90. The number of aromatic nitrogens is 1. The van der Waals surface area contributed by atoms with Gasteiger partial charge in [0.05, 0.1) is 12.8 Å². The number of hydrogen-bond acceptors (Lipinski definition) is 3. The van der Waals surface area contributed by atoms with Crippen molar-refractivity contribution in [2.75, 3.05) is 7.11 Å². The van der Waals surface area contributed by atoms with Gasteiger partial charge in [0.25, 0.3) is 0 Å². The quantitative estimate of drug-likeness (QED) is 0.777. The van der Waals surface area contributed by atoms with E-state index in [0.717, 1.165) is 17.0 Å². The molecule has 2 rings (SSSR count). The Kier molecular flexibility index (Phi) is 2.60. The van der Waals surface area contributed by atoms with Crippen LogP contribution in [-0.4, -0.2) is 11.7 Å². The number of methoxy groups -OCH3 is 1. The van der Waals surface area contributed by atoms with Crippen LogP contribution in [-0.2, 0) is 7.05 Å². The zero-order valence-electron chi connectivity index (χ0n) is 8.56. The standard InChI is InChI=1S/C11H11NO2S/c1-12-10(7-15-11(12)13)8-3-5-9(14-2)6-4-8/h3-7H,1-2H3. The molecule has 0 saturated heterocycles. The molecule has 0 amide bonds. The van der Waals surface area contributed by atoms with Crippen LogP contribution in [0.5, 0.6) is 5.75 Å². The van der Waals surface area contributed by atoms with Crippen molar-refractivity contribution in [3.8, 4) is 17.0 Å². The molecule has 1 aromatic heterocycles. The Morgan fingerprint density at radius 2 is 1.93 bits per heavy atom. The average molecular weight is 221 g/mol. The molecule has 0 aliphatic heterocycles. The van der Waals surface area contributed by atoms with Crippen molar-refractivity contribution in [3.63, 3.8) is 0 Å². The van der Waals surface area contributed by atoms with Gasteiger partial charge in [-0.1, -0.05) is 11.3 Å². The molecule has 78 valence electrons. The molecule has 0 bridgehead atoms. The molecule has 0 unspecified atom stereocenters. The van der Waals surface area contributed by atoms with E-state index in [1.807, 2.05) is 29.6 Å². The fourth-order valence-corrected chi connectivity index (χ4v) is 2.15. The number of hydrogen-bond donors (Lipinski definition) is 0. The Bertz CT molecular complexity index is 510. The van der Waals surface area contributed by atoms with Gasteiger partial charge in [0.15, 0.2) is 0 Å². The summed E-state index contributed by atoms with van der Waals surface area (Å²) in [7, 11) is 3.41. The first-order valence-corrected chi connectivity index (χ1v) is 5.39. The summed E-state index contributed by atoms with van der Waals surface area (Å²) in [6, 6.07) is 7.66. The fourth-order valence-electron chi connectivity index (χ4n) is 1.39. The maximum atomic E-state index is 11.3. The van der Waals surface area contributed by atoms with Gasteiger partial charge in [0.1, 0.15) is 5.75 Å². The highest BCUT2D eigenvalue weighted by Gasteiger charge is 2.04. The molecule has 0 saturated carbocycles. The van der Waals surface area contributed by atoms with E-state index in [9.17, 15) is 4.79 Å². The van der Waals surface area contributed by atoms with Gasteiger partial charge in [-0.2, -0.15) is 0 Å². The largest absolute Gasteiger partial charge is 0.497 e. The Hall–Kier alpha value is -1.55. The second-order valence-corrected chi connectivity index (χ2v) is 4.00. The Morgan fingerprint density at radius 1 is 1.27 bits per heavy atom. The maximum Gasteiger partial charge on any atom is 0.307 e. The first kappa shape index (κ1) is 9.98. The van der Waals surface area contributed by atoms with Crippen LogP contribution in [0.2, 0.25) is 0 Å². The molecule has 0 radical (unpaired) electrons. The van der Waals surface area contributed by atoms with Crippen LogP contribution < -0.4 is 9.61 Å². The van der Waals surface area contributed by atoms with Crippen molar-refractivity contribution < 1.29 is 4.74 Å². The van der Waals surface area contributed by atoms with Crippen molar-refractivity contribution in [1.29, 1.82) is 0 Å². The summed E-state index contributed by atoms with van der Waals surface area (Å²) in [5.41, 5.74) is 1.96. The molecule has 1 aromatic carbocycles. The third-order valence-corrected chi connectivity index (χ3v) is 3.11. The molecule has 0 N–H and O–H groups in total. The van der Waals surface area contributed by atoms with Gasteiger partial charge in [0.2, 0.25) is 0 Å². The number of ether oxygens (including phenoxy) is 1. The molecule has 0 fully saturated rings. The molecule has 15 heavy (non-hydrogen) atoms. The van der Waals surface area contributed by atoms with Gasteiger partial charge in [-0.25, -0.2) is 0 Å². The summed E-state index contributed by atoms with van der Waals surface area (Å²) in [4.78, 5) is 11.3. The third kappa shape index (κ3) is 1.80. The molecule has 0 aliphatic rings. The smallest absolute Gasteiger partial charge is 0.307 e. The molecule has 1 heterocycles. The van der Waals surface area contributed by atoms with Gasteiger partial charge in [0, 0.05) is 12.4 Å². The Morgan fingerprint density at radius 3 is 2.40 bits per heavy atom. The normalized spacial score (nSPS) is 10.3. The van der Waals surface area contributed by atoms with E-state index in [1.54, 1.807) is 18.7 Å². The molecule has 0 spiro atoms. The average Bonchev–Trinajstić information content (AvgIpc) is 2.60. The van der Waals surface area contributed by atoms with Crippen LogP contribution in [0.4, 0.5) is 0 Å². The van der Waals surface area contributed by atoms with Crippen molar-refractivity contribution in [3.05, 3.63) is 39.3 Å². The van der Waals surface area contributed by atoms with E-state index in [4.69, 9.17) is 4.74 Å². The van der Waals surface area contributed by atoms with Crippen LogP contribution >= 0.6 is 11.3 Å². The minimum atomic E-state index is 0.0563. The summed E-state index contributed by atoms with van der Waals surface area (Å²) in [6.07, 6.45) is 0. The summed E-state index contributed by atoms with van der Waals surface area (Å²) in [5, 5.41) is 1.87. The minimum Gasteiger partial charge on any atom is -0.497 e. The van der Waals surface area contributed by atoms with Gasteiger partial charge in [-0.15, -0.1) is 0 Å². The summed E-state index contributed by atoms with van der Waals surface area (Å²) in [6.45, 7) is 0. The Balaban J connectivity index is 2.46. The summed E-state index contributed by atoms with van der Waals surface area (Å²) < 4.78 is 6.72. The number of nitrogens with zero attached hydrogens (tertiary/aromatic N) is 1. The number of thiazole rings is 1. The van der Waals surface area contributed by atoms with Crippen molar-refractivity contribution >= 4 is 11.3 Å². The van der Waals surface area contributed by atoms with E-state index in [0.29, 0.717) is 0 Å². The Labute approximate surface area is 91.6 Å². The highest BCUT2D eigenvalue weighted by molar-refractivity contribution is 7.07. The van der Waals surface area contributed by atoms with E-state index < -0.39 is 0 Å². The lowest BCUT2D eigenvalue weighted by atomic mass is 10.1. The predicted octanol–water partition coefficient (Wildman–Crippen LogP) is 2.12. The third-order valence-electron chi connectivity index (χ3n) is 2.29. The molecular weight excluding hydrogens is 210 g/mol. The van der Waals surface area contributed by atoms with E-state index in [2.05, 4.69) is 0 Å². The summed E-state index contributed by atoms with van der Waals surface area (Å²) >= 11 is 1.21. The molecule has 3 nitrogen and oxygen atoms in total. The van der Waals surface area contributed by atoms with Gasteiger partial charge >= 0.3 is 4.87 Å². The lowest BCUT2D eigenvalue weighted by molar-refractivity contribution is 0.415. The second-order valence-electron chi connectivity index (χ2n) is 3.17. The van der Waals surface area contributed by atoms with Crippen LogP contribution in [0.25, 0.3) is 11.3 Å². The highest BCUT2D eigenvalue weighted by atomic mass is 32.1. The highest BCUT2D eigenvalue weighted by Crippen LogP contribution is 2.21. The van der Waals surface area contributed by atoms with Gasteiger partial charge in [-0.3, -0.25) is 4.79 Å².